The molecule has 0 atom stereocenters. The zero-order valence-corrected chi connectivity index (χ0v) is 9.84. The predicted molar refractivity (Wildman–Crippen MR) is 66.5 cm³/mol. The van der Waals surface area contributed by atoms with Gasteiger partial charge in [0.15, 0.2) is 0 Å². The lowest BCUT2D eigenvalue weighted by Gasteiger charge is -2.03. The lowest BCUT2D eigenvalue weighted by Crippen LogP contribution is -2.23. The number of hydrogen-bond donors (Lipinski definition) is 3. The molecule has 1 heterocycles. The molecule has 0 unspecified atom stereocenters. The van der Waals surface area contributed by atoms with E-state index in [1.165, 1.54) is 0 Å². The maximum absolute atomic E-state index is 11.0. The first-order chi connectivity index (χ1) is 7.69. The van der Waals surface area contributed by atoms with Gasteiger partial charge in [0.25, 0.3) is 0 Å². The molecule has 2 N–H and O–H groups in total. The quantitative estimate of drug-likeness (QED) is 0.705. The van der Waals surface area contributed by atoms with Crippen LogP contribution in [0.5, 0.6) is 0 Å². The van der Waals surface area contributed by atoms with E-state index in [4.69, 9.17) is 0 Å². The number of rotatable bonds is 3. The number of nitrogens with zero attached hydrogens (tertiary/aromatic N) is 1. The van der Waals surface area contributed by atoms with Crippen molar-refractivity contribution in [1.82, 2.24) is 15.3 Å². The van der Waals surface area contributed by atoms with Gasteiger partial charge in [0.2, 0.25) is 5.91 Å². The third-order valence-electron chi connectivity index (χ3n) is 2.30. The molecule has 0 saturated carbocycles. The molecule has 1 aromatic carbocycles. The molecule has 16 heavy (non-hydrogen) atoms. The van der Waals surface area contributed by atoms with Crippen LogP contribution in [0, 0.1) is 6.92 Å². The SMILES string of the molecule is Cc1nc2ccc(CNC(=O)CS)cc2[nH]1. The first-order valence-corrected chi connectivity index (χ1v) is 5.65. The second-order valence-corrected chi connectivity index (χ2v) is 3.92. The van der Waals surface area contributed by atoms with Crippen molar-refractivity contribution in [1.29, 1.82) is 0 Å². The van der Waals surface area contributed by atoms with Crippen molar-refractivity contribution in [2.24, 2.45) is 0 Å². The van der Waals surface area contributed by atoms with Gasteiger partial charge >= 0.3 is 0 Å². The van der Waals surface area contributed by atoms with E-state index >= 15 is 0 Å². The molecule has 0 aliphatic rings. The fraction of sp³-hybridized carbons (Fsp3) is 0.273. The summed E-state index contributed by atoms with van der Waals surface area (Å²) in [5.74, 6) is 1.04. The average molecular weight is 235 g/mol. The van der Waals surface area contributed by atoms with Crippen molar-refractivity contribution in [3.05, 3.63) is 29.6 Å². The molecule has 0 spiro atoms. The minimum Gasteiger partial charge on any atom is -0.351 e. The molecule has 0 aliphatic heterocycles. The Kier molecular flexibility index (Phi) is 3.14. The monoisotopic (exact) mass is 235 g/mol. The number of aromatic amines is 1. The van der Waals surface area contributed by atoms with Gasteiger partial charge in [-0.1, -0.05) is 6.07 Å². The summed E-state index contributed by atoms with van der Waals surface area (Å²) in [6.07, 6.45) is 0. The topological polar surface area (TPSA) is 57.8 Å². The van der Waals surface area contributed by atoms with Gasteiger partial charge in [0.1, 0.15) is 5.82 Å². The lowest BCUT2D eigenvalue weighted by molar-refractivity contribution is -0.118. The number of aryl methyl sites for hydroxylation is 1. The summed E-state index contributed by atoms with van der Waals surface area (Å²) in [7, 11) is 0. The van der Waals surface area contributed by atoms with E-state index in [9.17, 15) is 4.79 Å². The van der Waals surface area contributed by atoms with E-state index in [0.29, 0.717) is 6.54 Å². The highest BCUT2D eigenvalue weighted by Crippen LogP contribution is 2.13. The maximum Gasteiger partial charge on any atom is 0.229 e. The fourth-order valence-corrected chi connectivity index (χ4v) is 1.66. The van der Waals surface area contributed by atoms with Crippen molar-refractivity contribution in [3.8, 4) is 0 Å². The van der Waals surface area contributed by atoms with Gasteiger partial charge in [-0.05, 0) is 24.6 Å². The average Bonchev–Trinajstić information content (AvgIpc) is 2.65. The van der Waals surface area contributed by atoms with Crippen LogP contribution in [0.2, 0.25) is 0 Å². The summed E-state index contributed by atoms with van der Waals surface area (Å²) >= 11 is 3.90. The van der Waals surface area contributed by atoms with Gasteiger partial charge in [-0.3, -0.25) is 4.79 Å². The molecule has 0 fully saturated rings. The molecule has 1 amide bonds. The number of H-pyrrole nitrogens is 1. The number of fused-ring (bicyclic) bond motifs is 1. The summed E-state index contributed by atoms with van der Waals surface area (Å²) < 4.78 is 0. The van der Waals surface area contributed by atoms with Gasteiger partial charge in [0, 0.05) is 6.54 Å². The Hall–Kier alpha value is -1.49. The van der Waals surface area contributed by atoms with Crippen LogP contribution in [-0.2, 0) is 11.3 Å². The zero-order chi connectivity index (χ0) is 11.5. The molecule has 0 bridgehead atoms. The Morgan fingerprint density at radius 3 is 3.12 bits per heavy atom. The zero-order valence-electron chi connectivity index (χ0n) is 8.95. The Bertz CT molecular complexity index is 521. The Morgan fingerprint density at radius 2 is 2.38 bits per heavy atom. The summed E-state index contributed by atoms with van der Waals surface area (Å²) in [6, 6.07) is 5.90. The first kappa shape index (κ1) is 11.0. The number of imidazole rings is 1. The van der Waals surface area contributed by atoms with E-state index in [1.54, 1.807) is 0 Å². The van der Waals surface area contributed by atoms with Crippen molar-refractivity contribution in [3.63, 3.8) is 0 Å². The number of benzene rings is 1. The Labute approximate surface area is 98.9 Å². The molecule has 1 aromatic heterocycles. The van der Waals surface area contributed by atoms with Crippen LogP contribution in [0.4, 0.5) is 0 Å². The fourth-order valence-electron chi connectivity index (χ4n) is 1.55. The van der Waals surface area contributed by atoms with Gasteiger partial charge in [-0.2, -0.15) is 12.6 Å². The third-order valence-corrected chi connectivity index (χ3v) is 2.59. The van der Waals surface area contributed by atoms with Gasteiger partial charge in [-0.25, -0.2) is 4.98 Å². The lowest BCUT2D eigenvalue weighted by atomic mass is 10.2. The van der Waals surface area contributed by atoms with E-state index < -0.39 is 0 Å². The van der Waals surface area contributed by atoms with Crippen LogP contribution in [-0.4, -0.2) is 21.6 Å². The molecule has 2 aromatic rings. The second kappa shape index (κ2) is 4.57. The van der Waals surface area contributed by atoms with Gasteiger partial charge in [-0.15, -0.1) is 0 Å². The van der Waals surface area contributed by atoms with Crippen LogP contribution in [0.15, 0.2) is 18.2 Å². The number of nitrogens with one attached hydrogen (secondary N) is 2. The number of amides is 1. The van der Waals surface area contributed by atoms with Crippen LogP contribution in [0.1, 0.15) is 11.4 Å². The molecular formula is C11H13N3OS. The minimum atomic E-state index is -0.0655. The van der Waals surface area contributed by atoms with Gasteiger partial charge < -0.3 is 10.3 Å². The van der Waals surface area contributed by atoms with Crippen molar-refractivity contribution >= 4 is 29.6 Å². The van der Waals surface area contributed by atoms with Crippen LogP contribution in [0.3, 0.4) is 0 Å². The number of thiol groups is 1. The first-order valence-electron chi connectivity index (χ1n) is 5.02. The van der Waals surface area contributed by atoms with E-state index in [-0.39, 0.29) is 11.7 Å². The molecule has 4 nitrogen and oxygen atoms in total. The summed E-state index contributed by atoms with van der Waals surface area (Å²) in [4.78, 5) is 18.5. The minimum absolute atomic E-state index is 0.0655. The van der Waals surface area contributed by atoms with Crippen molar-refractivity contribution < 1.29 is 4.79 Å². The van der Waals surface area contributed by atoms with E-state index in [2.05, 4.69) is 27.9 Å². The van der Waals surface area contributed by atoms with Crippen LogP contribution in [0.25, 0.3) is 11.0 Å². The van der Waals surface area contributed by atoms with E-state index in [0.717, 1.165) is 22.4 Å². The largest absolute Gasteiger partial charge is 0.351 e. The highest BCUT2D eigenvalue weighted by Gasteiger charge is 2.02. The molecule has 0 aliphatic carbocycles. The van der Waals surface area contributed by atoms with Crippen molar-refractivity contribution in [2.75, 3.05) is 5.75 Å². The number of hydrogen-bond acceptors (Lipinski definition) is 3. The third kappa shape index (κ3) is 2.36. The maximum atomic E-state index is 11.0. The second-order valence-electron chi connectivity index (χ2n) is 3.61. The van der Waals surface area contributed by atoms with Crippen LogP contribution >= 0.6 is 12.6 Å². The molecule has 0 radical (unpaired) electrons. The highest BCUT2D eigenvalue weighted by molar-refractivity contribution is 7.81. The molecule has 2 rings (SSSR count). The standard InChI is InChI=1S/C11H13N3OS/c1-7-13-9-3-2-8(4-10(9)14-7)5-12-11(15)6-16/h2-4,16H,5-6H2,1H3,(H,12,15)(H,13,14). The molecule has 5 heteroatoms. The number of aromatic nitrogens is 2. The normalized spacial score (nSPS) is 10.6. The molecular weight excluding hydrogens is 222 g/mol. The molecule has 0 saturated heterocycles. The molecule has 84 valence electrons. The number of carbonyl (C=O) groups is 1. The van der Waals surface area contributed by atoms with Crippen LogP contribution < -0.4 is 5.32 Å². The number of carbonyl (C=O) groups excluding carboxylic acids is 1. The smallest absolute Gasteiger partial charge is 0.229 e. The Morgan fingerprint density at radius 1 is 1.56 bits per heavy atom. The Balaban J connectivity index is 2.16. The van der Waals surface area contributed by atoms with Crippen molar-refractivity contribution in [2.45, 2.75) is 13.5 Å². The summed E-state index contributed by atoms with van der Waals surface area (Å²) in [6.45, 7) is 2.44. The van der Waals surface area contributed by atoms with Gasteiger partial charge in [0.05, 0.1) is 16.8 Å². The summed E-state index contributed by atoms with van der Waals surface area (Å²) in [5.41, 5.74) is 2.99. The predicted octanol–water partition coefficient (Wildman–Crippen LogP) is 1.42. The van der Waals surface area contributed by atoms with E-state index in [1.807, 2.05) is 25.1 Å². The highest BCUT2D eigenvalue weighted by atomic mass is 32.1. The summed E-state index contributed by atoms with van der Waals surface area (Å²) in [5, 5.41) is 2.77.